The van der Waals surface area contributed by atoms with Gasteiger partial charge < -0.3 is 9.84 Å². The van der Waals surface area contributed by atoms with Gasteiger partial charge in [-0.15, -0.1) is 0 Å². The quantitative estimate of drug-likeness (QED) is 0.424. The first-order valence-corrected chi connectivity index (χ1v) is 5.17. The first kappa shape index (κ1) is 11.2. The van der Waals surface area contributed by atoms with Crippen LogP contribution in [0.15, 0.2) is 11.6 Å². The Balaban J connectivity index is 2.25. The highest BCUT2D eigenvalue weighted by Gasteiger charge is 2.21. The molecule has 80 valence electrons. The fourth-order valence-corrected chi connectivity index (χ4v) is 1.53. The highest BCUT2D eigenvalue weighted by Crippen LogP contribution is 2.23. The van der Waals surface area contributed by atoms with E-state index in [1.807, 2.05) is 0 Å². The minimum Gasteiger partial charge on any atom is -0.465 e. The van der Waals surface area contributed by atoms with Gasteiger partial charge in [0.1, 0.15) is 0 Å². The molecular formula is C11H18O3. The molecule has 0 aromatic rings. The maximum Gasteiger partial charge on any atom is 0.309 e. The van der Waals surface area contributed by atoms with Crippen LogP contribution >= 0.6 is 0 Å². The standard InChI is InChI=1S/C11H18O3/c1-9-3-5-10(6-4-9)11(13)14-8-2-7-12/h3,10,12H,2,4-8H2,1H3. The number of hydrogen-bond acceptors (Lipinski definition) is 3. The third kappa shape index (κ3) is 3.50. The number of rotatable bonds is 4. The summed E-state index contributed by atoms with van der Waals surface area (Å²) in [7, 11) is 0. The highest BCUT2D eigenvalue weighted by molar-refractivity contribution is 5.72. The predicted octanol–water partition coefficient (Wildman–Crippen LogP) is 1.66. The number of esters is 1. The zero-order chi connectivity index (χ0) is 10.4. The van der Waals surface area contributed by atoms with Crippen molar-refractivity contribution < 1.29 is 14.6 Å². The fraction of sp³-hybridized carbons (Fsp3) is 0.727. The Morgan fingerprint density at radius 1 is 1.71 bits per heavy atom. The summed E-state index contributed by atoms with van der Waals surface area (Å²) < 4.78 is 5.03. The van der Waals surface area contributed by atoms with Crippen LogP contribution in [0.4, 0.5) is 0 Å². The molecule has 0 aromatic heterocycles. The van der Waals surface area contributed by atoms with E-state index in [1.54, 1.807) is 0 Å². The van der Waals surface area contributed by atoms with Gasteiger partial charge in [-0.3, -0.25) is 4.79 Å². The van der Waals surface area contributed by atoms with Gasteiger partial charge in [-0.05, 0) is 26.2 Å². The van der Waals surface area contributed by atoms with E-state index in [1.165, 1.54) is 5.57 Å². The number of allylic oxidation sites excluding steroid dienone is 2. The molecule has 0 saturated heterocycles. The SMILES string of the molecule is CC1=CCC(C(=O)OCCCO)CC1. The molecular weight excluding hydrogens is 180 g/mol. The molecule has 0 fully saturated rings. The van der Waals surface area contributed by atoms with Crippen molar-refractivity contribution in [2.24, 2.45) is 5.92 Å². The van der Waals surface area contributed by atoms with Crippen molar-refractivity contribution in [2.45, 2.75) is 32.6 Å². The van der Waals surface area contributed by atoms with Crippen molar-refractivity contribution in [1.82, 2.24) is 0 Å². The monoisotopic (exact) mass is 198 g/mol. The third-order valence-electron chi connectivity index (χ3n) is 2.52. The van der Waals surface area contributed by atoms with Gasteiger partial charge in [0, 0.05) is 13.0 Å². The second kappa shape index (κ2) is 5.81. The van der Waals surface area contributed by atoms with E-state index >= 15 is 0 Å². The Morgan fingerprint density at radius 2 is 2.50 bits per heavy atom. The first-order valence-electron chi connectivity index (χ1n) is 5.17. The van der Waals surface area contributed by atoms with E-state index in [0.717, 1.165) is 19.3 Å². The molecule has 1 unspecified atom stereocenters. The highest BCUT2D eigenvalue weighted by atomic mass is 16.5. The first-order chi connectivity index (χ1) is 6.74. The Morgan fingerprint density at radius 3 is 3.07 bits per heavy atom. The molecule has 0 heterocycles. The van der Waals surface area contributed by atoms with Gasteiger partial charge in [-0.25, -0.2) is 0 Å². The molecule has 0 spiro atoms. The maximum absolute atomic E-state index is 11.4. The van der Waals surface area contributed by atoms with Gasteiger partial charge in [-0.1, -0.05) is 11.6 Å². The average molecular weight is 198 g/mol. The molecule has 0 aromatic carbocycles. The largest absolute Gasteiger partial charge is 0.465 e. The van der Waals surface area contributed by atoms with Gasteiger partial charge in [0.25, 0.3) is 0 Å². The summed E-state index contributed by atoms with van der Waals surface area (Å²) in [5.41, 5.74) is 1.37. The van der Waals surface area contributed by atoms with Crippen molar-refractivity contribution in [3.05, 3.63) is 11.6 Å². The maximum atomic E-state index is 11.4. The summed E-state index contributed by atoms with van der Waals surface area (Å²) in [6.45, 7) is 2.51. The van der Waals surface area contributed by atoms with Crippen LogP contribution < -0.4 is 0 Å². The van der Waals surface area contributed by atoms with E-state index in [2.05, 4.69) is 13.0 Å². The van der Waals surface area contributed by atoms with E-state index in [0.29, 0.717) is 13.0 Å². The molecule has 1 aliphatic rings. The summed E-state index contributed by atoms with van der Waals surface area (Å²) >= 11 is 0. The molecule has 0 radical (unpaired) electrons. The topological polar surface area (TPSA) is 46.5 Å². The van der Waals surface area contributed by atoms with E-state index in [9.17, 15) is 4.79 Å². The van der Waals surface area contributed by atoms with E-state index < -0.39 is 0 Å². The summed E-state index contributed by atoms with van der Waals surface area (Å²) in [5.74, 6) is -0.0698. The summed E-state index contributed by atoms with van der Waals surface area (Å²) in [6.07, 6.45) is 5.36. The summed E-state index contributed by atoms with van der Waals surface area (Å²) in [5, 5.41) is 8.52. The normalized spacial score (nSPS) is 21.6. The smallest absolute Gasteiger partial charge is 0.309 e. The van der Waals surface area contributed by atoms with Crippen molar-refractivity contribution in [3.63, 3.8) is 0 Å². The minimum absolute atomic E-state index is 0.0393. The van der Waals surface area contributed by atoms with E-state index in [-0.39, 0.29) is 18.5 Å². The molecule has 1 aliphatic carbocycles. The van der Waals surface area contributed by atoms with Crippen LogP contribution in [0.1, 0.15) is 32.6 Å². The van der Waals surface area contributed by atoms with Crippen LogP contribution in [0, 0.1) is 5.92 Å². The molecule has 1 atom stereocenters. The van der Waals surface area contributed by atoms with Crippen LogP contribution in [0.5, 0.6) is 0 Å². The lowest BCUT2D eigenvalue weighted by molar-refractivity contribution is -0.149. The Bertz CT molecular complexity index is 221. The van der Waals surface area contributed by atoms with Crippen LogP contribution in [-0.2, 0) is 9.53 Å². The van der Waals surface area contributed by atoms with Gasteiger partial charge >= 0.3 is 5.97 Å². The van der Waals surface area contributed by atoms with Crippen molar-refractivity contribution >= 4 is 5.97 Å². The van der Waals surface area contributed by atoms with Gasteiger partial charge in [-0.2, -0.15) is 0 Å². The lowest BCUT2D eigenvalue weighted by atomic mass is 9.90. The molecule has 3 heteroatoms. The minimum atomic E-state index is -0.109. The molecule has 3 nitrogen and oxygen atoms in total. The lowest BCUT2D eigenvalue weighted by Gasteiger charge is -2.18. The Kier molecular flexibility index (Phi) is 4.66. The number of ether oxygens (including phenoxy) is 1. The lowest BCUT2D eigenvalue weighted by Crippen LogP contribution is -2.20. The second-order valence-electron chi connectivity index (χ2n) is 3.77. The average Bonchev–Trinajstić information content (AvgIpc) is 2.19. The number of carbonyl (C=O) groups excluding carboxylic acids is 1. The van der Waals surface area contributed by atoms with Crippen LogP contribution in [-0.4, -0.2) is 24.3 Å². The van der Waals surface area contributed by atoms with Crippen LogP contribution in [0.3, 0.4) is 0 Å². The third-order valence-corrected chi connectivity index (χ3v) is 2.52. The van der Waals surface area contributed by atoms with Crippen LogP contribution in [0.25, 0.3) is 0 Å². The fourth-order valence-electron chi connectivity index (χ4n) is 1.53. The van der Waals surface area contributed by atoms with Crippen molar-refractivity contribution in [3.8, 4) is 0 Å². The summed E-state index contributed by atoms with van der Waals surface area (Å²) in [6, 6.07) is 0. The number of aliphatic hydroxyl groups is 1. The van der Waals surface area contributed by atoms with Gasteiger partial charge in [0.05, 0.1) is 12.5 Å². The van der Waals surface area contributed by atoms with Gasteiger partial charge in [0.2, 0.25) is 0 Å². The van der Waals surface area contributed by atoms with Crippen LogP contribution in [0.2, 0.25) is 0 Å². The molecule has 1 rings (SSSR count). The molecule has 14 heavy (non-hydrogen) atoms. The van der Waals surface area contributed by atoms with Gasteiger partial charge in [0.15, 0.2) is 0 Å². The molecule has 0 bridgehead atoms. The molecule has 0 amide bonds. The second-order valence-corrected chi connectivity index (χ2v) is 3.77. The van der Waals surface area contributed by atoms with E-state index in [4.69, 9.17) is 9.84 Å². The predicted molar refractivity (Wildman–Crippen MR) is 53.8 cm³/mol. The summed E-state index contributed by atoms with van der Waals surface area (Å²) in [4.78, 5) is 11.4. The number of carbonyl (C=O) groups is 1. The molecule has 0 aliphatic heterocycles. The molecule has 1 N–H and O–H groups in total. The van der Waals surface area contributed by atoms with Crippen molar-refractivity contribution in [2.75, 3.05) is 13.2 Å². The zero-order valence-electron chi connectivity index (χ0n) is 8.66. The Labute approximate surface area is 84.8 Å². The number of aliphatic hydroxyl groups excluding tert-OH is 1. The molecule has 0 saturated carbocycles. The van der Waals surface area contributed by atoms with Crippen molar-refractivity contribution in [1.29, 1.82) is 0 Å². The Hall–Kier alpha value is -0.830. The number of hydrogen-bond donors (Lipinski definition) is 1. The zero-order valence-corrected chi connectivity index (χ0v) is 8.66.